The second-order valence-corrected chi connectivity index (χ2v) is 4.34. The number of alkyl carbamates (subject to hydrolysis) is 1. The fourth-order valence-corrected chi connectivity index (χ4v) is 0.943. The van der Waals surface area contributed by atoms with Crippen molar-refractivity contribution >= 4 is 12.1 Å². The molecule has 0 saturated heterocycles. The van der Waals surface area contributed by atoms with E-state index >= 15 is 0 Å². The van der Waals surface area contributed by atoms with Gasteiger partial charge in [-0.1, -0.05) is 12.2 Å². The van der Waals surface area contributed by atoms with Gasteiger partial charge in [0.25, 0.3) is 0 Å². The summed E-state index contributed by atoms with van der Waals surface area (Å²) in [5, 5.41) is 11.1. The number of carbonyl (C=O) groups is 2. The number of carboxylic acids is 1. The lowest BCUT2D eigenvalue weighted by atomic mass is 10.2. The topological polar surface area (TPSA) is 75.6 Å². The molecule has 5 nitrogen and oxygen atoms in total. The first-order valence-electron chi connectivity index (χ1n) is 5.09. The highest BCUT2D eigenvalue weighted by Crippen LogP contribution is 2.07. The Labute approximate surface area is 95.5 Å². The highest BCUT2D eigenvalue weighted by atomic mass is 16.6. The molecule has 0 aromatic carbocycles. The highest BCUT2D eigenvalue weighted by Gasteiger charge is 2.22. The van der Waals surface area contributed by atoms with Gasteiger partial charge in [-0.05, 0) is 34.1 Å². The van der Waals surface area contributed by atoms with Crippen LogP contribution in [0.5, 0.6) is 0 Å². The minimum atomic E-state index is -1.08. The Hall–Kier alpha value is -1.52. The molecule has 0 radical (unpaired) electrons. The normalized spacial score (nSPS) is 13.5. The minimum Gasteiger partial charge on any atom is -0.480 e. The van der Waals surface area contributed by atoms with Crippen LogP contribution in [0.25, 0.3) is 0 Å². The maximum absolute atomic E-state index is 11.3. The van der Waals surface area contributed by atoms with E-state index in [0.29, 0.717) is 0 Å². The van der Waals surface area contributed by atoms with Crippen molar-refractivity contribution in [2.24, 2.45) is 0 Å². The van der Waals surface area contributed by atoms with Crippen molar-refractivity contribution in [2.75, 3.05) is 0 Å². The van der Waals surface area contributed by atoms with Gasteiger partial charge < -0.3 is 15.2 Å². The predicted octanol–water partition coefficient (Wildman–Crippen LogP) is 1.93. The second-order valence-electron chi connectivity index (χ2n) is 4.34. The van der Waals surface area contributed by atoms with Crippen molar-refractivity contribution in [3.63, 3.8) is 0 Å². The number of ether oxygens (including phenoxy) is 1. The van der Waals surface area contributed by atoms with E-state index in [9.17, 15) is 9.59 Å². The smallest absolute Gasteiger partial charge is 0.408 e. The summed E-state index contributed by atoms with van der Waals surface area (Å²) < 4.78 is 4.96. The number of amides is 1. The number of rotatable bonds is 4. The van der Waals surface area contributed by atoms with Gasteiger partial charge in [0.2, 0.25) is 0 Å². The third-order valence-electron chi connectivity index (χ3n) is 1.60. The molecule has 5 heteroatoms. The Balaban J connectivity index is 4.29. The van der Waals surface area contributed by atoms with E-state index < -0.39 is 23.7 Å². The number of nitrogens with one attached hydrogen (secondary N) is 1. The molecule has 0 aliphatic carbocycles. The van der Waals surface area contributed by atoms with Gasteiger partial charge in [-0.25, -0.2) is 9.59 Å². The summed E-state index contributed by atoms with van der Waals surface area (Å²) in [6.45, 7) is 6.93. The van der Waals surface area contributed by atoms with Gasteiger partial charge >= 0.3 is 12.1 Å². The number of carboxylic acid groups (broad SMARTS) is 1. The van der Waals surface area contributed by atoms with Gasteiger partial charge in [0.1, 0.15) is 11.6 Å². The zero-order valence-electron chi connectivity index (χ0n) is 10.1. The summed E-state index contributed by atoms with van der Waals surface area (Å²) in [5.74, 6) is -1.08. The number of allylic oxidation sites excluding steroid dienone is 1. The first-order valence-corrected chi connectivity index (χ1v) is 5.09. The summed E-state index contributed by atoms with van der Waals surface area (Å²) in [5.41, 5.74) is -0.631. The quantitative estimate of drug-likeness (QED) is 0.722. The SMILES string of the molecule is CC=CCC(NC(=O)OC(C)(C)C)C(=O)O. The summed E-state index contributed by atoms with van der Waals surface area (Å²) >= 11 is 0. The van der Waals surface area contributed by atoms with E-state index in [1.54, 1.807) is 39.8 Å². The molecule has 1 unspecified atom stereocenters. The molecule has 0 heterocycles. The molecule has 0 aromatic rings. The molecule has 0 aromatic heterocycles. The summed E-state index contributed by atoms with van der Waals surface area (Å²) in [6.07, 6.45) is 2.93. The van der Waals surface area contributed by atoms with E-state index in [4.69, 9.17) is 9.84 Å². The second kappa shape index (κ2) is 6.15. The van der Waals surface area contributed by atoms with E-state index in [-0.39, 0.29) is 6.42 Å². The molecule has 92 valence electrons. The zero-order valence-corrected chi connectivity index (χ0v) is 10.1. The Kier molecular flexibility index (Phi) is 5.56. The van der Waals surface area contributed by atoms with Crippen molar-refractivity contribution in [1.29, 1.82) is 0 Å². The van der Waals surface area contributed by atoms with Crippen molar-refractivity contribution in [3.8, 4) is 0 Å². The monoisotopic (exact) mass is 229 g/mol. The molecule has 0 bridgehead atoms. The van der Waals surface area contributed by atoms with Gasteiger partial charge in [-0.2, -0.15) is 0 Å². The van der Waals surface area contributed by atoms with Crippen LogP contribution < -0.4 is 5.32 Å². The van der Waals surface area contributed by atoms with E-state index in [1.165, 1.54) is 0 Å². The first kappa shape index (κ1) is 14.5. The van der Waals surface area contributed by atoms with Crippen LogP contribution in [0.2, 0.25) is 0 Å². The summed E-state index contributed by atoms with van der Waals surface area (Å²) in [4.78, 5) is 22.1. The third-order valence-corrected chi connectivity index (χ3v) is 1.60. The minimum absolute atomic E-state index is 0.241. The Morgan fingerprint density at radius 3 is 2.38 bits per heavy atom. The van der Waals surface area contributed by atoms with Gasteiger partial charge in [0.05, 0.1) is 0 Å². The van der Waals surface area contributed by atoms with E-state index in [0.717, 1.165) is 0 Å². The van der Waals surface area contributed by atoms with Crippen LogP contribution in [0, 0.1) is 0 Å². The standard InChI is InChI=1S/C11H19NO4/c1-5-6-7-8(9(13)14)12-10(15)16-11(2,3)4/h5-6,8H,7H2,1-4H3,(H,12,15)(H,13,14). The van der Waals surface area contributed by atoms with E-state index in [2.05, 4.69) is 5.32 Å². The van der Waals surface area contributed by atoms with E-state index in [1.807, 2.05) is 0 Å². The van der Waals surface area contributed by atoms with Crippen molar-refractivity contribution in [2.45, 2.75) is 45.8 Å². The maximum atomic E-state index is 11.3. The van der Waals surface area contributed by atoms with Crippen LogP contribution in [-0.2, 0) is 9.53 Å². The lowest BCUT2D eigenvalue weighted by Gasteiger charge is -2.21. The van der Waals surface area contributed by atoms with Crippen molar-refractivity contribution in [3.05, 3.63) is 12.2 Å². The molecule has 16 heavy (non-hydrogen) atoms. The van der Waals surface area contributed by atoms with Gasteiger partial charge in [0, 0.05) is 0 Å². The predicted molar refractivity (Wildman–Crippen MR) is 60.2 cm³/mol. The Morgan fingerprint density at radius 2 is 2.00 bits per heavy atom. The molecule has 0 spiro atoms. The summed E-state index contributed by atoms with van der Waals surface area (Å²) in [6, 6.07) is -0.953. The Morgan fingerprint density at radius 1 is 1.44 bits per heavy atom. The highest BCUT2D eigenvalue weighted by molar-refractivity contribution is 5.80. The first-order chi connectivity index (χ1) is 7.26. The van der Waals surface area contributed by atoms with Crippen LogP contribution in [0.15, 0.2) is 12.2 Å². The van der Waals surface area contributed by atoms with Crippen molar-refractivity contribution in [1.82, 2.24) is 5.32 Å². The number of carbonyl (C=O) groups excluding carboxylic acids is 1. The fraction of sp³-hybridized carbons (Fsp3) is 0.636. The lowest BCUT2D eigenvalue weighted by molar-refractivity contribution is -0.139. The van der Waals surface area contributed by atoms with Gasteiger partial charge in [-0.3, -0.25) is 0 Å². The van der Waals surface area contributed by atoms with Crippen LogP contribution >= 0.6 is 0 Å². The molecule has 1 amide bonds. The average Bonchev–Trinajstić information content (AvgIpc) is 2.08. The average molecular weight is 229 g/mol. The molecule has 0 aliphatic heterocycles. The zero-order chi connectivity index (χ0) is 12.8. The maximum Gasteiger partial charge on any atom is 0.408 e. The molecule has 0 rings (SSSR count). The van der Waals surface area contributed by atoms with Crippen LogP contribution in [0.4, 0.5) is 4.79 Å². The molecular weight excluding hydrogens is 210 g/mol. The van der Waals surface area contributed by atoms with Crippen LogP contribution in [0.3, 0.4) is 0 Å². The third kappa shape index (κ3) is 6.86. The number of aliphatic carboxylic acids is 1. The van der Waals surface area contributed by atoms with Crippen LogP contribution in [0.1, 0.15) is 34.1 Å². The molecule has 2 N–H and O–H groups in total. The van der Waals surface area contributed by atoms with Gasteiger partial charge in [0.15, 0.2) is 0 Å². The largest absolute Gasteiger partial charge is 0.480 e. The number of hydrogen-bond acceptors (Lipinski definition) is 3. The lowest BCUT2D eigenvalue weighted by Crippen LogP contribution is -2.43. The number of hydrogen-bond donors (Lipinski definition) is 2. The van der Waals surface area contributed by atoms with Gasteiger partial charge in [-0.15, -0.1) is 0 Å². The Bertz CT molecular complexity index is 278. The van der Waals surface area contributed by atoms with Crippen molar-refractivity contribution < 1.29 is 19.4 Å². The molecule has 1 atom stereocenters. The molecule has 0 aliphatic rings. The molecular formula is C11H19NO4. The fourth-order valence-electron chi connectivity index (χ4n) is 0.943. The molecule has 0 saturated carbocycles. The van der Waals surface area contributed by atoms with Crippen LogP contribution in [-0.4, -0.2) is 28.8 Å². The molecule has 0 fully saturated rings. The summed E-state index contributed by atoms with van der Waals surface area (Å²) in [7, 11) is 0.